The van der Waals surface area contributed by atoms with Crippen molar-refractivity contribution in [3.8, 4) is 21.9 Å². The number of fused-ring (bicyclic) bond motifs is 1. The van der Waals surface area contributed by atoms with Crippen LogP contribution in [0.25, 0.3) is 20.5 Å². The molecular weight excluding hydrogens is 482 g/mol. The van der Waals surface area contributed by atoms with Crippen molar-refractivity contribution in [1.29, 1.82) is 0 Å². The van der Waals surface area contributed by atoms with Crippen LogP contribution in [0.15, 0.2) is 66.7 Å². The van der Waals surface area contributed by atoms with Gasteiger partial charge in [-0.15, -0.1) is 11.3 Å². The highest BCUT2D eigenvalue weighted by Crippen LogP contribution is 2.41. The smallest absolute Gasteiger partial charge is 0.195 e. The third-order valence-electron chi connectivity index (χ3n) is 6.92. The zero-order chi connectivity index (χ0) is 25.8. The quantitative estimate of drug-likeness (QED) is 0.229. The molecule has 0 bridgehead atoms. The summed E-state index contributed by atoms with van der Waals surface area (Å²) in [5.41, 5.74) is 2.83. The van der Waals surface area contributed by atoms with Gasteiger partial charge in [-0.05, 0) is 93.0 Å². The third-order valence-corrected chi connectivity index (χ3v) is 8.12. The van der Waals surface area contributed by atoms with Crippen molar-refractivity contribution in [3.05, 3.63) is 83.4 Å². The molecule has 0 radical (unpaired) electrons. The SMILES string of the molecule is COc1ccc(-c2sc3cc(C(C)=O)ccc3c2C(=O)c2ccc(OCCN3CCCCC3)cc2)cc1. The van der Waals surface area contributed by atoms with Crippen LogP contribution in [0.2, 0.25) is 0 Å². The number of nitrogens with zero attached hydrogens (tertiary/aromatic N) is 1. The molecule has 4 aromatic rings. The first-order valence-electron chi connectivity index (χ1n) is 12.8. The molecule has 0 amide bonds. The number of ether oxygens (including phenoxy) is 2. The van der Waals surface area contributed by atoms with Gasteiger partial charge in [0.1, 0.15) is 18.1 Å². The Morgan fingerprint density at radius 1 is 0.865 bits per heavy atom. The van der Waals surface area contributed by atoms with E-state index in [1.165, 1.54) is 30.6 Å². The Kier molecular flexibility index (Phi) is 7.68. The Labute approximate surface area is 221 Å². The van der Waals surface area contributed by atoms with E-state index < -0.39 is 0 Å². The largest absolute Gasteiger partial charge is 0.497 e. The van der Waals surface area contributed by atoms with Crippen LogP contribution in [0.1, 0.15) is 52.5 Å². The zero-order valence-electron chi connectivity index (χ0n) is 21.3. The molecule has 1 saturated heterocycles. The van der Waals surface area contributed by atoms with Crippen LogP contribution in [0.4, 0.5) is 0 Å². The molecule has 6 heteroatoms. The fraction of sp³-hybridized carbons (Fsp3) is 0.290. The average molecular weight is 514 g/mol. The second-order valence-corrected chi connectivity index (χ2v) is 10.5. The minimum absolute atomic E-state index is 0.00468. The number of hydrogen-bond donors (Lipinski definition) is 0. The number of carbonyl (C=O) groups is 2. The Balaban J connectivity index is 1.42. The summed E-state index contributed by atoms with van der Waals surface area (Å²) in [7, 11) is 1.63. The fourth-order valence-electron chi connectivity index (χ4n) is 4.81. The molecule has 0 spiro atoms. The average Bonchev–Trinajstić information content (AvgIpc) is 3.32. The number of benzene rings is 3. The predicted molar refractivity (Wildman–Crippen MR) is 149 cm³/mol. The van der Waals surface area contributed by atoms with E-state index in [9.17, 15) is 9.59 Å². The first kappa shape index (κ1) is 25.2. The van der Waals surface area contributed by atoms with E-state index in [1.807, 2.05) is 60.7 Å². The van der Waals surface area contributed by atoms with E-state index in [0.29, 0.717) is 23.3 Å². The summed E-state index contributed by atoms with van der Waals surface area (Å²) in [6.07, 6.45) is 3.86. The molecule has 1 aliphatic rings. The van der Waals surface area contributed by atoms with Crippen molar-refractivity contribution in [1.82, 2.24) is 4.90 Å². The van der Waals surface area contributed by atoms with Gasteiger partial charge in [-0.1, -0.05) is 18.6 Å². The van der Waals surface area contributed by atoms with Gasteiger partial charge in [0.2, 0.25) is 0 Å². The molecule has 3 aromatic carbocycles. The summed E-state index contributed by atoms with van der Waals surface area (Å²) in [5, 5.41) is 0.854. The molecule has 37 heavy (non-hydrogen) atoms. The molecule has 5 rings (SSSR count). The van der Waals surface area contributed by atoms with Gasteiger partial charge >= 0.3 is 0 Å². The maximum absolute atomic E-state index is 13.9. The van der Waals surface area contributed by atoms with Gasteiger partial charge in [-0.3, -0.25) is 14.5 Å². The van der Waals surface area contributed by atoms with E-state index in [4.69, 9.17) is 9.47 Å². The summed E-state index contributed by atoms with van der Waals surface area (Å²) >= 11 is 1.53. The van der Waals surface area contributed by atoms with Gasteiger partial charge in [0.15, 0.2) is 11.6 Å². The maximum atomic E-state index is 13.9. The van der Waals surface area contributed by atoms with Gasteiger partial charge in [-0.2, -0.15) is 0 Å². The van der Waals surface area contributed by atoms with Crippen molar-refractivity contribution in [2.24, 2.45) is 0 Å². The van der Waals surface area contributed by atoms with Crippen LogP contribution >= 0.6 is 11.3 Å². The van der Waals surface area contributed by atoms with Crippen molar-refractivity contribution in [2.75, 3.05) is 33.4 Å². The minimum Gasteiger partial charge on any atom is -0.497 e. The number of ketones is 2. The number of Topliss-reactive ketones (excluding diaryl/α,β-unsaturated/α-hetero) is 1. The molecule has 0 N–H and O–H groups in total. The van der Waals surface area contributed by atoms with Crippen LogP contribution in [0, 0.1) is 0 Å². The first-order valence-corrected chi connectivity index (χ1v) is 13.6. The molecule has 2 heterocycles. The van der Waals surface area contributed by atoms with Crippen LogP contribution in [-0.2, 0) is 0 Å². The van der Waals surface area contributed by atoms with E-state index >= 15 is 0 Å². The second kappa shape index (κ2) is 11.3. The normalized spacial score (nSPS) is 14.0. The molecule has 1 fully saturated rings. The van der Waals surface area contributed by atoms with E-state index in [-0.39, 0.29) is 11.6 Å². The lowest BCUT2D eigenvalue weighted by Crippen LogP contribution is -2.33. The number of carbonyl (C=O) groups excluding carboxylic acids is 2. The number of likely N-dealkylation sites (tertiary alicyclic amines) is 1. The number of hydrogen-bond acceptors (Lipinski definition) is 6. The third kappa shape index (κ3) is 5.60. The monoisotopic (exact) mass is 513 g/mol. The summed E-state index contributed by atoms with van der Waals surface area (Å²) in [4.78, 5) is 29.2. The Morgan fingerprint density at radius 2 is 1.54 bits per heavy atom. The summed E-state index contributed by atoms with van der Waals surface area (Å²) < 4.78 is 12.2. The minimum atomic E-state index is -0.0486. The molecule has 1 aliphatic heterocycles. The highest BCUT2D eigenvalue weighted by Gasteiger charge is 2.22. The fourth-order valence-corrected chi connectivity index (χ4v) is 6.05. The molecule has 1 aromatic heterocycles. The van der Waals surface area contributed by atoms with Crippen LogP contribution < -0.4 is 9.47 Å². The van der Waals surface area contributed by atoms with Crippen LogP contribution in [0.5, 0.6) is 11.5 Å². The van der Waals surface area contributed by atoms with Crippen molar-refractivity contribution >= 4 is 33.0 Å². The Morgan fingerprint density at radius 3 is 2.22 bits per heavy atom. The van der Waals surface area contributed by atoms with Gasteiger partial charge in [0, 0.05) is 38.2 Å². The number of rotatable bonds is 9. The molecule has 0 saturated carbocycles. The van der Waals surface area contributed by atoms with Gasteiger partial charge in [0.05, 0.1) is 7.11 Å². The molecule has 190 valence electrons. The maximum Gasteiger partial charge on any atom is 0.195 e. The zero-order valence-corrected chi connectivity index (χ0v) is 22.1. The topological polar surface area (TPSA) is 55.8 Å². The predicted octanol–water partition coefficient (Wildman–Crippen LogP) is 6.88. The van der Waals surface area contributed by atoms with E-state index in [0.717, 1.165) is 51.7 Å². The summed E-state index contributed by atoms with van der Waals surface area (Å²) in [5.74, 6) is 1.48. The van der Waals surface area contributed by atoms with Crippen molar-refractivity contribution in [3.63, 3.8) is 0 Å². The molecule has 0 atom stereocenters. The lowest BCUT2D eigenvalue weighted by Gasteiger charge is -2.26. The van der Waals surface area contributed by atoms with Crippen LogP contribution in [-0.4, -0.2) is 49.8 Å². The van der Waals surface area contributed by atoms with Gasteiger partial charge < -0.3 is 9.47 Å². The number of thiophene rings is 1. The van der Waals surface area contributed by atoms with E-state index in [1.54, 1.807) is 20.1 Å². The molecular formula is C31H31NO4S. The molecule has 0 aliphatic carbocycles. The molecule has 5 nitrogen and oxygen atoms in total. The second-order valence-electron chi connectivity index (χ2n) is 9.41. The summed E-state index contributed by atoms with van der Waals surface area (Å²) in [6, 6.07) is 20.7. The van der Waals surface area contributed by atoms with Gasteiger partial charge in [-0.25, -0.2) is 0 Å². The lowest BCUT2D eigenvalue weighted by molar-refractivity contribution is 0.101. The first-order chi connectivity index (χ1) is 18.0. The highest BCUT2D eigenvalue weighted by molar-refractivity contribution is 7.22. The summed E-state index contributed by atoms with van der Waals surface area (Å²) in [6.45, 7) is 5.42. The standard InChI is InChI=1S/C31H31NO4S/c1-21(33)24-10-15-27-28(20-24)37-31(23-8-11-25(35-2)12-9-23)29(27)30(34)22-6-13-26(14-7-22)36-19-18-32-16-4-3-5-17-32/h6-15,20H,3-5,16-19H2,1-2H3. The Bertz CT molecular complexity index is 1400. The lowest BCUT2D eigenvalue weighted by atomic mass is 9.97. The highest BCUT2D eigenvalue weighted by atomic mass is 32.1. The number of piperidine rings is 1. The van der Waals surface area contributed by atoms with E-state index in [2.05, 4.69) is 4.90 Å². The van der Waals surface area contributed by atoms with Crippen molar-refractivity contribution in [2.45, 2.75) is 26.2 Å². The Hall–Kier alpha value is -3.48. The van der Waals surface area contributed by atoms with Crippen LogP contribution in [0.3, 0.4) is 0 Å². The molecule has 0 unspecified atom stereocenters. The van der Waals surface area contributed by atoms with Gasteiger partial charge in [0.25, 0.3) is 0 Å². The number of methoxy groups -OCH3 is 1. The van der Waals surface area contributed by atoms with Crippen molar-refractivity contribution < 1.29 is 19.1 Å².